The van der Waals surface area contributed by atoms with Gasteiger partial charge < -0.3 is 9.47 Å². The molecule has 2 amide bonds. The summed E-state index contributed by atoms with van der Waals surface area (Å²) in [6, 6.07) is 12.3. The van der Waals surface area contributed by atoms with Crippen LogP contribution in [0.1, 0.15) is 42.3 Å². The van der Waals surface area contributed by atoms with Crippen LogP contribution in [0, 0.1) is 19.8 Å². The van der Waals surface area contributed by atoms with Crippen LogP contribution in [0.2, 0.25) is 0 Å². The first-order chi connectivity index (χ1) is 14.7. The number of benzene rings is 2. The molecule has 0 aromatic heterocycles. The molecule has 2 rings (SSSR count). The van der Waals surface area contributed by atoms with E-state index in [2.05, 4.69) is 30.0 Å². The van der Waals surface area contributed by atoms with E-state index in [0.717, 1.165) is 11.1 Å². The van der Waals surface area contributed by atoms with E-state index in [9.17, 15) is 9.59 Å². The lowest BCUT2D eigenvalue weighted by Crippen LogP contribution is -2.51. The van der Waals surface area contributed by atoms with Gasteiger partial charge in [-0.1, -0.05) is 19.9 Å². The van der Waals surface area contributed by atoms with Crippen LogP contribution in [-0.4, -0.2) is 29.6 Å². The molecule has 0 spiro atoms. The summed E-state index contributed by atoms with van der Waals surface area (Å²) in [6.07, 6.45) is -0.758. The maximum Gasteiger partial charge on any atom is 0.279 e. The predicted molar refractivity (Wildman–Crippen MR) is 124 cm³/mol. The Balaban J connectivity index is 1.79. The van der Waals surface area contributed by atoms with E-state index in [4.69, 9.17) is 21.7 Å². The van der Waals surface area contributed by atoms with Gasteiger partial charge >= 0.3 is 0 Å². The Kier molecular flexibility index (Phi) is 8.81. The molecule has 2 aromatic rings. The normalized spacial score (nSPS) is 11.4. The zero-order chi connectivity index (χ0) is 23.0. The van der Waals surface area contributed by atoms with Gasteiger partial charge in [-0.05, 0) is 86.4 Å². The van der Waals surface area contributed by atoms with Crippen LogP contribution >= 0.6 is 12.2 Å². The van der Waals surface area contributed by atoms with E-state index >= 15 is 0 Å². The molecular weight excluding hydrogens is 414 g/mol. The molecular formula is C23H29N3O4S. The summed E-state index contributed by atoms with van der Waals surface area (Å²) in [5, 5.41) is 2.48. The molecule has 1 atom stereocenters. The van der Waals surface area contributed by atoms with E-state index < -0.39 is 17.9 Å². The fourth-order valence-electron chi connectivity index (χ4n) is 2.44. The van der Waals surface area contributed by atoms with Crippen LogP contribution in [-0.2, 0) is 4.79 Å². The highest BCUT2D eigenvalue weighted by atomic mass is 32.1. The smallest absolute Gasteiger partial charge is 0.279 e. The number of hydrazine groups is 1. The largest absolute Gasteiger partial charge is 0.493 e. The Morgan fingerprint density at radius 1 is 0.935 bits per heavy atom. The second-order valence-electron chi connectivity index (χ2n) is 7.63. The summed E-state index contributed by atoms with van der Waals surface area (Å²) >= 11 is 5.07. The summed E-state index contributed by atoms with van der Waals surface area (Å²) < 4.78 is 11.2. The topological polar surface area (TPSA) is 88.7 Å². The first kappa shape index (κ1) is 24.1. The van der Waals surface area contributed by atoms with Gasteiger partial charge in [0.2, 0.25) is 0 Å². The van der Waals surface area contributed by atoms with Gasteiger partial charge in [-0.3, -0.25) is 25.8 Å². The number of aryl methyl sites for hydroxylation is 2. The Hall–Kier alpha value is -3.13. The third-order valence-electron chi connectivity index (χ3n) is 4.39. The Labute approximate surface area is 188 Å². The van der Waals surface area contributed by atoms with Gasteiger partial charge in [0.05, 0.1) is 6.61 Å². The molecule has 0 aliphatic rings. The molecule has 7 nitrogen and oxygen atoms in total. The number of hydrogen-bond donors (Lipinski definition) is 3. The maximum atomic E-state index is 12.3. The lowest BCUT2D eigenvalue weighted by atomic mass is 10.1. The van der Waals surface area contributed by atoms with Crippen LogP contribution in [0.15, 0.2) is 42.5 Å². The molecule has 0 aliphatic heterocycles. The molecule has 0 heterocycles. The van der Waals surface area contributed by atoms with E-state index in [1.807, 2.05) is 32.0 Å². The van der Waals surface area contributed by atoms with Crippen molar-refractivity contribution in [2.45, 2.75) is 40.7 Å². The van der Waals surface area contributed by atoms with Crippen molar-refractivity contribution in [2.24, 2.45) is 5.92 Å². The van der Waals surface area contributed by atoms with Gasteiger partial charge in [-0.2, -0.15) is 0 Å². The molecule has 1 unspecified atom stereocenters. The number of amides is 2. The first-order valence-electron chi connectivity index (χ1n) is 10.0. The number of carbonyl (C=O) groups excluding carboxylic acids is 2. The number of ether oxygens (including phenoxy) is 2. The van der Waals surface area contributed by atoms with Crippen molar-refractivity contribution >= 4 is 29.1 Å². The van der Waals surface area contributed by atoms with Gasteiger partial charge in [-0.25, -0.2) is 0 Å². The Bertz CT molecular complexity index is 929. The van der Waals surface area contributed by atoms with Gasteiger partial charge in [0.1, 0.15) is 11.5 Å². The number of rotatable bonds is 7. The molecule has 0 fully saturated rings. The summed E-state index contributed by atoms with van der Waals surface area (Å²) in [5.41, 5.74) is 7.58. The number of nitrogens with one attached hydrogen (secondary N) is 3. The highest BCUT2D eigenvalue weighted by molar-refractivity contribution is 7.80. The Morgan fingerprint density at radius 3 is 2.19 bits per heavy atom. The summed E-state index contributed by atoms with van der Waals surface area (Å²) in [6.45, 7) is 10.3. The lowest BCUT2D eigenvalue weighted by molar-refractivity contribution is -0.127. The van der Waals surface area contributed by atoms with Gasteiger partial charge in [0.15, 0.2) is 11.2 Å². The standard InChI is InChI=1S/C23H29N3O4S/c1-14(2)13-29-19-10-7-18(8-11-19)22(28)24-23(31)26-25-21(27)17(5)30-20-9-6-15(3)16(4)12-20/h6-12,14,17H,13H2,1-5H3,(H,25,27)(H2,24,26,28,31). The lowest BCUT2D eigenvalue weighted by Gasteiger charge is -2.17. The molecule has 8 heteroatoms. The van der Waals surface area contributed by atoms with Crippen molar-refractivity contribution in [3.8, 4) is 11.5 Å². The van der Waals surface area contributed by atoms with Crippen molar-refractivity contribution in [1.29, 1.82) is 0 Å². The van der Waals surface area contributed by atoms with E-state index in [1.54, 1.807) is 31.2 Å². The molecule has 0 radical (unpaired) electrons. The van der Waals surface area contributed by atoms with Crippen LogP contribution in [0.3, 0.4) is 0 Å². The molecule has 0 saturated carbocycles. The molecule has 0 aliphatic carbocycles. The third kappa shape index (κ3) is 7.90. The quantitative estimate of drug-likeness (QED) is 0.449. The van der Waals surface area contributed by atoms with Crippen LogP contribution in [0.4, 0.5) is 0 Å². The van der Waals surface area contributed by atoms with Crippen molar-refractivity contribution in [2.75, 3.05) is 6.61 Å². The Morgan fingerprint density at radius 2 is 1.58 bits per heavy atom. The minimum Gasteiger partial charge on any atom is -0.493 e. The number of hydrogen-bond acceptors (Lipinski definition) is 5. The highest BCUT2D eigenvalue weighted by Crippen LogP contribution is 2.17. The van der Waals surface area contributed by atoms with E-state index in [1.165, 1.54) is 0 Å². The monoisotopic (exact) mass is 443 g/mol. The fraction of sp³-hybridized carbons (Fsp3) is 0.348. The van der Waals surface area contributed by atoms with E-state index in [0.29, 0.717) is 29.6 Å². The van der Waals surface area contributed by atoms with Crippen LogP contribution < -0.4 is 25.6 Å². The van der Waals surface area contributed by atoms with Crippen molar-refractivity contribution < 1.29 is 19.1 Å². The molecule has 166 valence electrons. The molecule has 2 aromatic carbocycles. The zero-order valence-corrected chi connectivity index (χ0v) is 19.3. The van der Waals surface area contributed by atoms with Gasteiger partial charge in [0, 0.05) is 5.56 Å². The summed E-state index contributed by atoms with van der Waals surface area (Å²) in [4.78, 5) is 24.5. The summed E-state index contributed by atoms with van der Waals surface area (Å²) in [5.74, 6) is 0.872. The first-order valence-corrected chi connectivity index (χ1v) is 10.4. The number of thiocarbonyl (C=S) groups is 1. The molecule has 3 N–H and O–H groups in total. The maximum absolute atomic E-state index is 12.3. The average Bonchev–Trinajstić information content (AvgIpc) is 2.73. The van der Waals surface area contributed by atoms with Crippen LogP contribution in [0.25, 0.3) is 0 Å². The van der Waals surface area contributed by atoms with E-state index in [-0.39, 0.29) is 5.11 Å². The molecule has 0 saturated heterocycles. The van der Waals surface area contributed by atoms with Gasteiger partial charge in [0.25, 0.3) is 11.8 Å². The molecule has 31 heavy (non-hydrogen) atoms. The number of carbonyl (C=O) groups is 2. The highest BCUT2D eigenvalue weighted by Gasteiger charge is 2.16. The van der Waals surface area contributed by atoms with Crippen LogP contribution in [0.5, 0.6) is 11.5 Å². The fourth-order valence-corrected chi connectivity index (χ4v) is 2.58. The summed E-state index contributed by atoms with van der Waals surface area (Å²) in [7, 11) is 0. The average molecular weight is 444 g/mol. The minimum atomic E-state index is -0.758. The minimum absolute atomic E-state index is 0.0307. The second-order valence-corrected chi connectivity index (χ2v) is 8.04. The SMILES string of the molecule is Cc1ccc(OC(C)C(=O)NNC(=S)NC(=O)c2ccc(OCC(C)C)cc2)cc1C. The second kappa shape index (κ2) is 11.3. The van der Waals surface area contributed by atoms with Crippen molar-refractivity contribution in [1.82, 2.24) is 16.2 Å². The van der Waals surface area contributed by atoms with Crippen molar-refractivity contribution in [3.63, 3.8) is 0 Å². The third-order valence-corrected chi connectivity index (χ3v) is 4.59. The predicted octanol–water partition coefficient (Wildman–Crippen LogP) is 3.44. The van der Waals surface area contributed by atoms with Gasteiger partial charge in [-0.15, -0.1) is 0 Å². The molecule has 0 bridgehead atoms. The zero-order valence-electron chi connectivity index (χ0n) is 18.4. The van der Waals surface area contributed by atoms with Crippen molar-refractivity contribution in [3.05, 3.63) is 59.2 Å².